The van der Waals surface area contributed by atoms with E-state index < -0.39 is 0 Å². The van der Waals surface area contributed by atoms with E-state index in [-0.39, 0.29) is 11.3 Å². The molecule has 2 nitrogen and oxygen atoms in total. The average Bonchev–Trinajstić information content (AvgIpc) is 2.23. The summed E-state index contributed by atoms with van der Waals surface area (Å²) in [6.45, 7) is 0. The number of hydrogen-bond donors (Lipinski definition) is 2. The number of benzene rings is 1. The molecule has 0 heterocycles. The second-order valence-electron chi connectivity index (χ2n) is 4.35. The molecule has 0 saturated heterocycles. The fourth-order valence-corrected chi connectivity index (χ4v) is 2.54. The second-order valence-corrected chi connectivity index (χ2v) is 4.76. The van der Waals surface area contributed by atoms with Crippen molar-refractivity contribution in [2.24, 2.45) is 5.73 Å². The van der Waals surface area contributed by atoms with Crippen molar-refractivity contribution >= 4 is 11.6 Å². The molecule has 82 valence electrons. The summed E-state index contributed by atoms with van der Waals surface area (Å²) in [5.74, 6) is 0.156. The summed E-state index contributed by atoms with van der Waals surface area (Å²) in [6.07, 6.45) is 5.35. The van der Waals surface area contributed by atoms with E-state index in [0.717, 1.165) is 31.2 Å². The zero-order valence-electron chi connectivity index (χ0n) is 8.67. The number of halogens is 1. The minimum atomic E-state index is -0.382. The van der Waals surface area contributed by atoms with E-state index in [1.54, 1.807) is 6.07 Å². The largest absolute Gasteiger partial charge is 0.506 e. The van der Waals surface area contributed by atoms with Crippen molar-refractivity contribution in [2.75, 3.05) is 0 Å². The van der Waals surface area contributed by atoms with Gasteiger partial charge in [0.15, 0.2) is 0 Å². The Morgan fingerprint density at radius 3 is 2.53 bits per heavy atom. The number of rotatable bonds is 1. The molecule has 0 aromatic heterocycles. The molecular weight excluding hydrogens is 210 g/mol. The maximum atomic E-state index is 9.90. The molecule has 1 aromatic rings. The lowest BCUT2D eigenvalue weighted by Crippen LogP contribution is -2.38. The highest BCUT2D eigenvalue weighted by Gasteiger charge is 2.32. The molecule has 2 rings (SSSR count). The first kappa shape index (κ1) is 10.8. The predicted octanol–water partition coefficient (Wildman–Crippen LogP) is 3.16. The monoisotopic (exact) mass is 225 g/mol. The summed E-state index contributed by atoms with van der Waals surface area (Å²) in [5, 5.41) is 10.3. The zero-order chi connectivity index (χ0) is 10.9. The summed E-state index contributed by atoms with van der Waals surface area (Å²) in [7, 11) is 0. The normalized spacial score (nSPS) is 20.1. The molecular formula is C12H16ClNO. The lowest BCUT2D eigenvalue weighted by molar-refractivity contribution is 0.292. The summed E-state index contributed by atoms with van der Waals surface area (Å²) in [5.41, 5.74) is 6.75. The van der Waals surface area contributed by atoms with Gasteiger partial charge in [0.05, 0.1) is 5.02 Å². The van der Waals surface area contributed by atoms with E-state index in [4.69, 9.17) is 17.3 Å². The minimum absolute atomic E-state index is 0.156. The van der Waals surface area contributed by atoms with Gasteiger partial charge >= 0.3 is 0 Å². The van der Waals surface area contributed by atoms with Crippen LogP contribution in [0.4, 0.5) is 0 Å². The van der Waals surface area contributed by atoms with Gasteiger partial charge in [-0.2, -0.15) is 0 Å². The van der Waals surface area contributed by atoms with Gasteiger partial charge in [-0.15, -0.1) is 0 Å². The number of aromatic hydroxyl groups is 1. The minimum Gasteiger partial charge on any atom is -0.506 e. The molecule has 0 amide bonds. The van der Waals surface area contributed by atoms with Crippen LogP contribution in [0.3, 0.4) is 0 Å². The lowest BCUT2D eigenvalue weighted by atomic mass is 9.77. The number of para-hydroxylation sites is 1. The Bertz CT molecular complexity index is 359. The SMILES string of the molecule is NC1(c2cccc(Cl)c2O)CCCCC1. The lowest BCUT2D eigenvalue weighted by Gasteiger charge is -2.34. The Morgan fingerprint density at radius 2 is 1.87 bits per heavy atom. The molecule has 3 heteroatoms. The van der Waals surface area contributed by atoms with Gasteiger partial charge in [-0.1, -0.05) is 43.0 Å². The van der Waals surface area contributed by atoms with E-state index in [1.807, 2.05) is 12.1 Å². The van der Waals surface area contributed by atoms with Crippen LogP contribution in [0.5, 0.6) is 5.75 Å². The van der Waals surface area contributed by atoms with Crippen molar-refractivity contribution in [3.63, 3.8) is 0 Å². The Hall–Kier alpha value is -0.730. The smallest absolute Gasteiger partial charge is 0.139 e. The molecule has 1 aromatic carbocycles. The zero-order valence-corrected chi connectivity index (χ0v) is 9.43. The first-order chi connectivity index (χ1) is 7.13. The number of hydrogen-bond acceptors (Lipinski definition) is 2. The molecule has 3 N–H and O–H groups in total. The van der Waals surface area contributed by atoms with E-state index >= 15 is 0 Å². The third-order valence-corrected chi connectivity index (χ3v) is 3.57. The third kappa shape index (κ3) is 1.97. The Labute approximate surface area is 95.1 Å². The molecule has 0 unspecified atom stereocenters. The predicted molar refractivity (Wildman–Crippen MR) is 62.1 cm³/mol. The van der Waals surface area contributed by atoms with Crippen LogP contribution in [0.25, 0.3) is 0 Å². The van der Waals surface area contributed by atoms with E-state index in [2.05, 4.69) is 0 Å². The van der Waals surface area contributed by atoms with Crippen molar-refractivity contribution in [3.8, 4) is 5.75 Å². The first-order valence-electron chi connectivity index (χ1n) is 5.40. The number of nitrogens with two attached hydrogens (primary N) is 1. The van der Waals surface area contributed by atoms with Gasteiger partial charge in [0.2, 0.25) is 0 Å². The maximum Gasteiger partial charge on any atom is 0.139 e. The van der Waals surface area contributed by atoms with Crippen molar-refractivity contribution < 1.29 is 5.11 Å². The molecule has 1 aliphatic carbocycles. The Balaban J connectivity index is 2.39. The van der Waals surface area contributed by atoms with E-state index in [0.29, 0.717) is 5.02 Å². The summed E-state index contributed by atoms with van der Waals surface area (Å²) < 4.78 is 0. The van der Waals surface area contributed by atoms with Crippen LogP contribution in [0.1, 0.15) is 37.7 Å². The van der Waals surface area contributed by atoms with Crippen molar-refractivity contribution in [3.05, 3.63) is 28.8 Å². The van der Waals surface area contributed by atoms with Crippen LogP contribution in [0.2, 0.25) is 5.02 Å². The summed E-state index contributed by atoms with van der Waals surface area (Å²) >= 11 is 5.89. The third-order valence-electron chi connectivity index (χ3n) is 3.27. The van der Waals surface area contributed by atoms with Crippen LogP contribution < -0.4 is 5.73 Å². The standard InChI is InChI=1S/C12H16ClNO/c13-10-6-4-5-9(11(10)15)12(14)7-2-1-3-8-12/h4-6,15H,1-3,7-8,14H2. The number of phenolic OH excluding ortho intramolecular Hbond substituents is 1. The topological polar surface area (TPSA) is 46.2 Å². The van der Waals surface area contributed by atoms with E-state index in [1.165, 1.54) is 6.42 Å². The van der Waals surface area contributed by atoms with Crippen LogP contribution in [-0.2, 0) is 5.54 Å². The van der Waals surface area contributed by atoms with Gasteiger partial charge in [-0.05, 0) is 18.9 Å². The van der Waals surface area contributed by atoms with Gasteiger partial charge in [-0.25, -0.2) is 0 Å². The van der Waals surface area contributed by atoms with Gasteiger partial charge < -0.3 is 10.8 Å². The Kier molecular flexibility index (Phi) is 2.89. The van der Waals surface area contributed by atoms with Crippen molar-refractivity contribution in [1.82, 2.24) is 0 Å². The molecule has 0 spiro atoms. The van der Waals surface area contributed by atoms with Crippen LogP contribution >= 0.6 is 11.6 Å². The Morgan fingerprint density at radius 1 is 1.20 bits per heavy atom. The van der Waals surface area contributed by atoms with Crippen LogP contribution in [0, 0.1) is 0 Å². The van der Waals surface area contributed by atoms with Gasteiger partial charge in [0, 0.05) is 11.1 Å². The molecule has 1 aliphatic rings. The van der Waals surface area contributed by atoms with Crippen molar-refractivity contribution in [1.29, 1.82) is 0 Å². The van der Waals surface area contributed by atoms with E-state index in [9.17, 15) is 5.11 Å². The van der Waals surface area contributed by atoms with Crippen molar-refractivity contribution in [2.45, 2.75) is 37.6 Å². The molecule has 0 bridgehead atoms. The van der Waals surface area contributed by atoms with Crippen LogP contribution in [-0.4, -0.2) is 5.11 Å². The number of phenols is 1. The van der Waals surface area contributed by atoms with Crippen LogP contribution in [0.15, 0.2) is 18.2 Å². The fourth-order valence-electron chi connectivity index (χ4n) is 2.37. The summed E-state index contributed by atoms with van der Waals surface area (Å²) in [4.78, 5) is 0. The quantitative estimate of drug-likeness (QED) is 0.771. The second kappa shape index (κ2) is 4.03. The highest BCUT2D eigenvalue weighted by molar-refractivity contribution is 6.32. The highest BCUT2D eigenvalue weighted by Crippen LogP contribution is 2.41. The summed E-state index contributed by atoms with van der Waals surface area (Å²) in [6, 6.07) is 5.42. The van der Waals surface area contributed by atoms with Gasteiger partial charge in [-0.3, -0.25) is 0 Å². The van der Waals surface area contributed by atoms with Gasteiger partial charge in [0.1, 0.15) is 5.75 Å². The molecule has 1 fully saturated rings. The fraction of sp³-hybridized carbons (Fsp3) is 0.500. The average molecular weight is 226 g/mol. The first-order valence-corrected chi connectivity index (χ1v) is 5.78. The molecule has 15 heavy (non-hydrogen) atoms. The van der Waals surface area contributed by atoms with Gasteiger partial charge in [0.25, 0.3) is 0 Å². The molecule has 0 radical (unpaired) electrons. The molecule has 1 saturated carbocycles. The highest BCUT2D eigenvalue weighted by atomic mass is 35.5. The molecule has 0 atom stereocenters. The maximum absolute atomic E-state index is 9.90. The molecule has 0 aliphatic heterocycles.